The van der Waals surface area contributed by atoms with E-state index in [1.165, 1.54) is 0 Å². The van der Waals surface area contributed by atoms with Gasteiger partial charge < -0.3 is 20.1 Å². The van der Waals surface area contributed by atoms with Crippen molar-refractivity contribution in [3.8, 4) is 11.5 Å². The number of carbonyl (C=O) groups excluding carboxylic acids is 2. The van der Waals surface area contributed by atoms with E-state index in [-0.39, 0.29) is 18.4 Å². The standard InChI is InChI=1S/C19H20N2O4/c1-24-16-4-2-3-5-17(16)25-12-18(22)20-14-8-6-13(7-9-14)19(23)21-15-10-11-15/h2-9,15H,10-12H2,1H3,(H,20,22)(H,21,23). The summed E-state index contributed by atoms with van der Waals surface area (Å²) in [6, 6.07) is 14.2. The van der Waals surface area contributed by atoms with Crippen LogP contribution >= 0.6 is 0 Å². The fourth-order valence-electron chi connectivity index (χ4n) is 2.28. The van der Waals surface area contributed by atoms with Crippen molar-refractivity contribution >= 4 is 17.5 Å². The molecule has 1 aliphatic rings. The molecule has 3 rings (SSSR count). The Morgan fingerprint density at radius 1 is 1.04 bits per heavy atom. The maximum atomic E-state index is 12.0. The van der Waals surface area contributed by atoms with E-state index in [2.05, 4.69) is 10.6 Å². The summed E-state index contributed by atoms with van der Waals surface area (Å²) in [6.07, 6.45) is 2.10. The lowest BCUT2D eigenvalue weighted by Gasteiger charge is -2.11. The van der Waals surface area contributed by atoms with Crippen molar-refractivity contribution in [3.05, 3.63) is 54.1 Å². The minimum absolute atomic E-state index is 0.0834. The number of nitrogens with one attached hydrogen (secondary N) is 2. The van der Waals surface area contributed by atoms with E-state index >= 15 is 0 Å². The van der Waals surface area contributed by atoms with E-state index in [1.54, 1.807) is 49.6 Å². The highest BCUT2D eigenvalue weighted by molar-refractivity contribution is 5.96. The smallest absolute Gasteiger partial charge is 0.262 e. The number of hydrogen-bond acceptors (Lipinski definition) is 4. The number of anilines is 1. The minimum Gasteiger partial charge on any atom is -0.493 e. The fourth-order valence-corrected chi connectivity index (χ4v) is 2.28. The Balaban J connectivity index is 1.51. The van der Waals surface area contributed by atoms with Gasteiger partial charge in [0.15, 0.2) is 18.1 Å². The topological polar surface area (TPSA) is 76.7 Å². The molecule has 1 fully saturated rings. The average Bonchev–Trinajstić information content (AvgIpc) is 3.44. The predicted molar refractivity (Wildman–Crippen MR) is 94.0 cm³/mol. The molecule has 2 N–H and O–H groups in total. The molecule has 6 nitrogen and oxygen atoms in total. The largest absolute Gasteiger partial charge is 0.493 e. The highest BCUT2D eigenvalue weighted by Gasteiger charge is 2.23. The van der Waals surface area contributed by atoms with Crippen molar-refractivity contribution in [1.29, 1.82) is 0 Å². The Kier molecular flexibility index (Phi) is 5.18. The third-order valence-corrected chi connectivity index (χ3v) is 3.77. The molecule has 0 atom stereocenters. The molecule has 0 aliphatic heterocycles. The molecule has 0 radical (unpaired) electrons. The Morgan fingerprint density at radius 2 is 1.72 bits per heavy atom. The first kappa shape index (κ1) is 16.8. The number of amides is 2. The lowest BCUT2D eigenvalue weighted by Crippen LogP contribution is -2.25. The van der Waals surface area contributed by atoms with Crippen LogP contribution in [-0.4, -0.2) is 31.6 Å². The Labute approximate surface area is 146 Å². The van der Waals surface area contributed by atoms with Gasteiger partial charge >= 0.3 is 0 Å². The zero-order valence-corrected chi connectivity index (χ0v) is 14.0. The molecule has 0 unspecified atom stereocenters. The third-order valence-electron chi connectivity index (χ3n) is 3.77. The first-order valence-electron chi connectivity index (χ1n) is 8.12. The Morgan fingerprint density at radius 3 is 2.36 bits per heavy atom. The highest BCUT2D eigenvalue weighted by atomic mass is 16.5. The van der Waals surface area contributed by atoms with Gasteiger partial charge in [-0.3, -0.25) is 9.59 Å². The van der Waals surface area contributed by atoms with Gasteiger partial charge in [-0.15, -0.1) is 0 Å². The van der Waals surface area contributed by atoms with Crippen LogP contribution in [0.4, 0.5) is 5.69 Å². The second-order valence-electron chi connectivity index (χ2n) is 5.81. The zero-order valence-electron chi connectivity index (χ0n) is 14.0. The summed E-state index contributed by atoms with van der Waals surface area (Å²) < 4.78 is 10.6. The summed E-state index contributed by atoms with van der Waals surface area (Å²) in [5.41, 5.74) is 1.19. The number of para-hydroxylation sites is 2. The molecule has 0 aromatic heterocycles. The quantitative estimate of drug-likeness (QED) is 0.812. The number of rotatable bonds is 7. The second kappa shape index (κ2) is 7.70. The van der Waals surface area contributed by atoms with Gasteiger partial charge in [0.05, 0.1) is 7.11 Å². The normalized spacial score (nSPS) is 13.0. The Hall–Kier alpha value is -3.02. The molecule has 2 amide bonds. The minimum atomic E-state index is -0.291. The van der Waals surface area contributed by atoms with Crippen LogP contribution in [0.3, 0.4) is 0 Å². The van der Waals surface area contributed by atoms with Crippen LogP contribution in [0.2, 0.25) is 0 Å². The number of carbonyl (C=O) groups is 2. The van der Waals surface area contributed by atoms with Crippen LogP contribution in [0.1, 0.15) is 23.2 Å². The number of methoxy groups -OCH3 is 1. The second-order valence-corrected chi connectivity index (χ2v) is 5.81. The van der Waals surface area contributed by atoms with Gasteiger partial charge in [-0.25, -0.2) is 0 Å². The first-order chi connectivity index (χ1) is 12.2. The molecule has 6 heteroatoms. The van der Waals surface area contributed by atoms with Gasteiger partial charge in [-0.2, -0.15) is 0 Å². The predicted octanol–water partition coefficient (Wildman–Crippen LogP) is 2.60. The number of hydrogen-bond donors (Lipinski definition) is 2. The van der Waals surface area contributed by atoms with Crippen LogP contribution in [0.15, 0.2) is 48.5 Å². The zero-order chi connectivity index (χ0) is 17.6. The number of ether oxygens (including phenoxy) is 2. The Bertz CT molecular complexity index is 754. The molecule has 25 heavy (non-hydrogen) atoms. The van der Waals surface area contributed by atoms with E-state index in [4.69, 9.17) is 9.47 Å². The summed E-state index contributed by atoms with van der Waals surface area (Å²) in [5.74, 6) is 0.703. The lowest BCUT2D eigenvalue weighted by atomic mass is 10.2. The summed E-state index contributed by atoms with van der Waals surface area (Å²) >= 11 is 0. The van der Waals surface area contributed by atoms with Gasteiger partial charge in [0, 0.05) is 17.3 Å². The summed E-state index contributed by atoms with van der Waals surface area (Å²) in [5, 5.41) is 5.65. The molecular weight excluding hydrogens is 320 g/mol. The SMILES string of the molecule is COc1ccccc1OCC(=O)Nc1ccc(C(=O)NC2CC2)cc1. The van der Waals surface area contributed by atoms with Crippen LogP contribution in [0, 0.1) is 0 Å². The molecule has 130 valence electrons. The lowest BCUT2D eigenvalue weighted by molar-refractivity contribution is -0.118. The first-order valence-corrected chi connectivity index (χ1v) is 8.12. The third kappa shape index (κ3) is 4.73. The molecule has 1 aliphatic carbocycles. The van der Waals surface area contributed by atoms with Gasteiger partial charge in [0.25, 0.3) is 11.8 Å². The van der Waals surface area contributed by atoms with E-state index in [0.29, 0.717) is 28.8 Å². The molecular formula is C19H20N2O4. The summed E-state index contributed by atoms with van der Waals surface area (Å²) in [7, 11) is 1.54. The van der Waals surface area contributed by atoms with Crippen LogP contribution in [-0.2, 0) is 4.79 Å². The van der Waals surface area contributed by atoms with Gasteiger partial charge in [0.1, 0.15) is 0 Å². The summed E-state index contributed by atoms with van der Waals surface area (Å²) in [6.45, 7) is -0.135. The van der Waals surface area contributed by atoms with Gasteiger partial charge in [-0.05, 0) is 49.2 Å². The van der Waals surface area contributed by atoms with Crippen molar-refractivity contribution in [2.24, 2.45) is 0 Å². The van der Waals surface area contributed by atoms with Crippen molar-refractivity contribution in [1.82, 2.24) is 5.32 Å². The van der Waals surface area contributed by atoms with E-state index in [9.17, 15) is 9.59 Å². The average molecular weight is 340 g/mol. The molecule has 0 saturated heterocycles. The molecule has 1 saturated carbocycles. The highest BCUT2D eigenvalue weighted by Crippen LogP contribution is 2.25. The molecule has 2 aromatic carbocycles. The fraction of sp³-hybridized carbons (Fsp3) is 0.263. The van der Waals surface area contributed by atoms with Gasteiger partial charge in [-0.1, -0.05) is 12.1 Å². The summed E-state index contributed by atoms with van der Waals surface area (Å²) in [4.78, 5) is 23.9. The van der Waals surface area contributed by atoms with Crippen molar-refractivity contribution in [2.75, 3.05) is 19.0 Å². The van der Waals surface area contributed by atoms with E-state index in [1.807, 2.05) is 6.07 Å². The monoisotopic (exact) mass is 340 g/mol. The van der Waals surface area contributed by atoms with Crippen LogP contribution < -0.4 is 20.1 Å². The van der Waals surface area contributed by atoms with Crippen LogP contribution in [0.25, 0.3) is 0 Å². The molecule has 0 bridgehead atoms. The number of benzene rings is 2. The van der Waals surface area contributed by atoms with Crippen LogP contribution in [0.5, 0.6) is 11.5 Å². The van der Waals surface area contributed by atoms with Crippen molar-refractivity contribution < 1.29 is 19.1 Å². The molecule has 0 heterocycles. The maximum Gasteiger partial charge on any atom is 0.262 e. The van der Waals surface area contributed by atoms with E-state index in [0.717, 1.165) is 12.8 Å². The molecule has 2 aromatic rings. The molecule has 0 spiro atoms. The van der Waals surface area contributed by atoms with Crippen molar-refractivity contribution in [2.45, 2.75) is 18.9 Å². The maximum absolute atomic E-state index is 12.0. The van der Waals surface area contributed by atoms with Crippen molar-refractivity contribution in [3.63, 3.8) is 0 Å². The van der Waals surface area contributed by atoms with E-state index < -0.39 is 0 Å². The van der Waals surface area contributed by atoms with Gasteiger partial charge in [0.2, 0.25) is 0 Å².